The predicted molar refractivity (Wildman–Crippen MR) is 212 cm³/mol. The molecule has 0 bridgehead atoms. The molecule has 0 aromatic heterocycles. The number of hydrogen-bond acceptors (Lipinski definition) is 8. The van der Waals surface area contributed by atoms with E-state index in [1.165, 1.54) is 60.0 Å². The maximum atomic E-state index is 6.44. The Bertz CT molecular complexity index is 1920. The van der Waals surface area contributed by atoms with E-state index in [4.69, 9.17) is 9.47 Å². The molecule has 0 aliphatic carbocycles. The van der Waals surface area contributed by atoms with Gasteiger partial charge in [-0.1, -0.05) is 144 Å². The van der Waals surface area contributed by atoms with E-state index >= 15 is 0 Å². The maximum Gasteiger partial charge on any atom is 0.134 e. The summed E-state index contributed by atoms with van der Waals surface area (Å²) >= 11 is 11.2. The van der Waals surface area contributed by atoms with Crippen LogP contribution in [-0.2, 0) is 0 Å². The van der Waals surface area contributed by atoms with Crippen LogP contribution in [0.4, 0.5) is 0 Å². The second kappa shape index (κ2) is 14.2. The lowest BCUT2D eigenvalue weighted by molar-refractivity contribution is 0.352. The predicted octanol–water partition coefficient (Wildman–Crippen LogP) is 12.9. The van der Waals surface area contributed by atoms with E-state index < -0.39 is 0 Å². The highest BCUT2D eigenvalue weighted by atomic mass is 32.2. The highest BCUT2D eigenvalue weighted by Gasteiger charge is 2.22. The van der Waals surface area contributed by atoms with Crippen molar-refractivity contribution in [3.63, 3.8) is 0 Å². The Morgan fingerprint density at radius 2 is 0.804 bits per heavy atom. The molecule has 0 unspecified atom stereocenters. The molecule has 228 valence electrons. The molecule has 6 aromatic rings. The summed E-state index contributed by atoms with van der Waals surface area (Å²) in [4.78, 5) is 0. The number of thioether (sulfide) groups is 6. The van der Waals surface area contributed by atoms with Crippen LogP contribution in [-0.4, -0.2) is 24.7 Å². The topological polar surface area (TPSA) is 18.5 Å². The molecule has 0 fully saturated rings. The van der Waals surface area contributed by atoms with Crippen molar-refractivity contribution < 1.29 is 9.47 Å². The minimum Gasteiger partial charge on any atom is -0.491 e. The van der Waals surface area contributed by atoms with Crippen molar-refractivity contribution in [2.75, 3.05) is 24.7 Å². The molecule has 6 aromatic carbocycles. The zero-order valence-corrected chi connectivity index (χ0v) is 29.5. The van der Waals surface area contributed by atoms with Gasteiger partial charge < -0.3 is 9.47 Å². The average Bonchev–Trinajstić information content (AvgIpc) is 3.78. The number of benzene rings is 6. The molecule has 8 rings (SSSR count). The van der Waals surface area contributed by atoms with E-state index in [1.54, 1.807) is 0 Å². The van der Waals surface area contributed by atoms with E-state index in [0.717, 1.165) is 23.0 Å². The zero-order chi connectivity index (χ0) is 30.7. The number of hydrogen-bond donors (Lipinski definition) is 0. The van der Waals surface area contributed by atoms with Crippen molar-refractivity contribution in [2.45, 2.75) is 0 Å². The summed E-state index contributed by atoms with van der Waals surface area (Å²) in [5.41, 5.74) is 0. The van der Waals surface area contributed by atoms with Crippen LogP contribution in [0.15, 0.2) is 137 Å². The van der Waals surface area contributed by atoms with Crippen molar-refractivity contribution in [1.29, 1.82) is 0 Å². The molecule has 0 atom stereocenters. The molecule has 0 saturated carbocycles. The third kappa shape index (κ3) is 6.53. The van der Waals surface area contributed by atoms with E-state index in [9.17, 15) is 0 Å². The largest absolute Gasteiger partial charge is 0.491 e. The standard InChI is InChI=1S/C38H28O2S6/c1-5-13-29-25(9-1)21-26-10-2-6-14-30(26)35(29)39-17-19-41-33-23-43-37(45-33)38-44-24-34(46-38)42-20-18-40-36-31-15-7-3-11-27(31)22-28-12-4-8-16-32(28)36/h1-16,21-24H,17-20H2/b38-37+. The average molecular weight is 709 g/mol. The molecular formula is C38H28O2S6. The summed E-state index contributed by atoms with van der Waals surface area (Å²) in [7, 11) is 0. The van der Waals surface area contributed by atoms with Gasteiger partial charge in [-0.2, -0.15) is 0 Å². The Hall–Kier alpha value is -2.72. The fourth-order valence-electron chi connectivity index (χ4n) is 5.62. The van der Waals surface area contributed by atoms with Gasteiger partial charge in [-0.15, -0.1) is 23.5 Å². The second-order valence-electron chi connectivity index (χ2n) is 10.6. The Morgan fingerprint density at radius 1 is 0.457 bits per heavy atom. The first-order valence-electron chi connectivity index (χ1n) is 15.0. The Kier molecular flexibility index (Phi) is 9.43. The molecule has 2 aliphatic heterocycles. The van der Waals surface area contributed by atoms with Crippen molar-refractivity contribution in [2.24, 2.45) is 0 Å². The van der Waals surface area contributed by atoms with Crippen molar-refractivity contribution in [1.82, 2.24) is 0 Å². The molecule has 0 radical (unpaired) electrons. The molecule has 0 spiro atoms. The number of rotatable bonds is 10. The van der Waals surface area contributed by atoms with Gasteiger partial charge in [0, 0.05) is 33.1 Å². The monoisotopic (exact) mass is 708 g/mol. The highest BCUT2D eigenvalue weighted by Crippen LogP contribution is 2.58. The van der Waals surface area contributed by atoms with Crippen LogP contribution in [0, 0.1) is 0 Å². The van der Waals surface area contributed by atoms with Gasteiger partial charge in [0.1, 0.15) is 11.5 Å². The van der Waals surface area contributed by atoms with Crippen LogP contribution in [0.3, 0.4) is 0 Å². The van der Waals surface area contributed by atoms with Crippen LogP contribution in [0.2, 0.25) is 0 Å². The summed E-state index contributed by atoms with van der Waals surface area (Å²) in [6, 6.07) is 38.5. The summed E-state index contributed by atoms with van der Waals surface area (Å²) in [6.07, 6.45) is 0. The first-order valence-corrected chi connectivity index (χ1v) is 20.3. The minimum absolute atomic E-state index is 0.666. The van der Waals surface area contributed by atoms with Gasteiger partial charge in [0.15, 0.2) is 0 Å². The zero-order valence-electron chi connectivity index (χ0n) is 24.6. The molecule has 2 aliphatic rings. The van der Waals surface area contributed by atoms with E-state index in [1.807, 2.05) is 70.6 Å². The lowest BCUT2D eigenvalue weighted by Gasteiger charge is -2.13. The Morgan fingerprint density at radius 3 is 1.17 bits per heavy atom. The third-order valence-corrected chi connectivity index (χ3v) is 15.6. The first-order chi connectivity index (χ1) is 22.8. The fourth-order valence-corrected chi connectivity index (χ4v) is 13.1. The normalized spacial score (nSPS) is 16.4. The van der Waals surface area contributed by atoms with Crippen LogP contribution >= 0.6 is 70.6 Å². The van der Waals surface area contributed by atoms with Gasteiger partial charge in [-0.05, 0) is 44.5 Å². The quantitative estimate of drug-likeness (QED) is 0.102. The highest BCUT2D eigenvalue weighted by molar-refractivity contribution is 8.40. The number of fused-ring (bicyclic) bond motifs is 4. The summed E-state index contributed by atoms with van der Waals surface area (Å²) in [6.45, 7) is 1.33. The molecule has 8 heteroatoms. The Balaban J connectivity index is 0.824. The molecule has 46 heavy (non-hydrogen) atoms. The molecular weight excluding hydrogens is 681 g/mol. The van der Waals surface area contributed by atoms with E-state index in [0.29, 0.717) is 13.2 Å². The summed E-state index contributed by atoms with van der Waals surface area (Å²) in [5.74, 6) is 3.80. The SMILES string of the molecule is C1=C(SCCOc2c3ccccc3cc3ccccc23)S/C(=C2\SC=C(SCCOc3c4ccccc4cc4ccccc34)S2)S1. The summed E-state index contributed by atoms with van der Waals surface area (Å²) in [5, 5.41) is 14.1. The maximum absolute atomic E-state index is 6.44. The van der Waals surface area contributed by atoms with Crippen molar-refractivity contribution in [3.8, 4) is 11.5 Å². The van der Waals surface area contributed by atoms with Gasteiger partial charge in [-0.3, -0.25) is 0 Å². The van der Waals surface area contributed by atoms with Crippen LogP contribution in [0.5, 0.6) is 11.5 Å². The molecule has 2 heterocycles. The second-order valence-corrected chi connectivity index (χ2v) is 17.7. The van der Waals surface area contributed by atoms with E-state index in [-0.39, 0.29) is 0 Å². The van der Waals surface area contributed by atoms with Gasteiger partial charge >= 0.3 is 0 Å². The molecule has 2 nitrogen and oxygen atoms in total. The summed E-state index contributed by atoms with van der Waals surface area (Å²) < 4.78 is 18.3. The van der Waals surface area contributed by atoms with Crippen LogP contribution in [0.25, 0.3) is 43.1 Å². The van der Waals surface area contributed by atoms with Crippen molar-refractivity contribution >= 4 is 114 Å². The van der Waals surface area contributed by atoms with Crippen molar-refractivity contribution in [3.05, 3.63) is 137 Å². The van der Waals surface area contributed by atoms with Gasteiger partial charge in [-0.25, -0.2) is 0 Å². The van der Waals surface area contributed by atoms with E-state index in [2.05, 4.69) is 120 Å². The Labute approximate surface area is 294 Å². The van der Waals surface area contributed by atoms with Gasteiger partial charge in [0.05, 0.1) is 30.2 Å². The lowest BCUT2D eigenvalue weighted by Crippen LogP contribution is -2.01. The fraction of sp³-hybridized carbons (Fsp3) is 0.105. The van der Waals surface area contributed by atoms with Crippen LogP contribution < -0.4 is 9.47 Å². The molecule has 0 N–H and O–H groups in total. The number of ether oxygens (including phenoxy) is 2. The van der Waals surface area contributed by atoms with Gasteiger partial charge in [0.2, 0.25) is 0 Å². The smallest absolute Gasteiger partial charge is 0.134 e. The first kappa shape index (κ1) is 30.6. The van der Waals surface area contributed by atoms with Gasteiger partial charge in [0.25, 0.3) is 0 Å². The lowest BCUT2D eigenvalue weighted by atomic mass is 10.0. The molecule has 0 amide bonds. The molecule has 0 saturated heterocycles. The van der Waals surface area contributed by atoms with Crippen LogP contribution in [0.1, 0.15) is 0 Å². The third-order valence-electron chi connectivity index (χ3n) is 7.67. The minimum atomic E-state index is 0.666.